The van der Waals surface area contributed by atoms with E-state index in [4.69, 9.17) is 0 Å². The molecule has 1 saturated heterocycles. The van der Waals surface area contributed by atoms with Gasteiger partial charge in [0.25, 0.3) is 0 Å². The quantitative estimate of drug-likeness (QED) is 0.602. The Morgan fingerprint density at radius 2 is 2.36 bits per heavy atom. The summed E-state index contributed by atoms with van der Waals surface area (Å²) in [7, 11) is 3.99. The monoisotopic (exact) mass is 335 g/mol. The van der Waals surface area contributed by atoms with Crippen LogP contribution in [-0.2, 0) is 4.79 Å². The Bertz CT molecular complexity index is 650. The van der Waals surface area contributed by atoms with Crippen molar-refractivity contribution in [1.82, 2.24) is 9.97 Å². The molecule has 1 amide bonds. The summed E-state index contributed by atoms with van der Waals surface area (Å²) in [5.41, 5.74) is 2.73. The number of unbranched alkanes of at least 4 members (excludes halogenated alkanes) is 1. The van der Waals surface area contributed by atoms with Crippen LogP contribution < -0.4 is 5.32 Å². The summed E-state index contributed by atoms with van der Waals surface area (Å²) < 4.78 is 0. The number of nitrogens with one attached hydrogen (secondary N) is 2. The van der Waals surface area contributed by atoms with Crippen LogP contribution in [0.1, 0.15) is 37.9 Å². The minimum atomic E-state index is 0.101. The highest BCUT2D eigenvalue weighted by atomic mass is 33.1. The molecule has 0 bridgehead atoms. The molecule has 1 fully saturated rings. The van der Waals surface area contributed by atoms with Gasteiger partial charge in [-0.25, -0.2) is 4.98 Å². The minimum Gasteiger partial charge on any atom is -0.342 e. The van der Waals surface area contributed by atoms with Crippen molar-refractivity contribution in [2.75, 3.05) is 11.1 Å². The summed E-state index contributed by atoms with van der Waals surface area (Å²) in [5, 5.41) is 3.78. The highest BCUT2D eigenvalue weighted by Crippen LogP contribution is 2.39. The molecule has 4 nitrogen and oxygen atoms in total. The summed E-state index contributed by atoms with van der Waals surface area (Å²) in [6.07, 6.45) is 5.28. The minimum absolute atomic E-state index is 0.101. The van der Waals surface area contributed by atoms with Crippen molar-refractivity contribution in [2.24, 2.45) is 0 Å². The third-order valence-electron chi connectivity index (χ3n) is 3.79. The molecule has 2 aromatic rings. The van der Waals surface area contributed by atoms with E-state index in [1.807, 2.05) is 46.7 Å². The van der Waals surface area contributed by atoms with Gasteiger partial charge in [0, 0.05) is 23.1 Å². The van der Waals surface area contributed by atoms with E-state index in [1.165, 1.54) is 18.6 Å². The predicted octanol–water partition coefficient (Wildman–Crippen LogP) is 4.52. The van der Waals surface area contributed by atoms with E-state index in [9.17, 15) is 4.79 Å². The van der Waals surface area contributed by atoms with Gasteiger partial charge in [-0.05, 0) is 44.4 Å². The molecular formula is C16H21N3OS2. The van der Waals surface area contributed by atoms with Gasteiger partial charge < -0.3 is 10.3 Å². The largest absolute Gasteiger partial charge is 0.342 e. The van der Waals surface area contributed by atoms with E-state index in [-0.39, 0.29) is 5.91 Å². The van der Waals surface area contributed by atoms with Gasteiger partial charge >= 0.3 is 0 Å². The second kappa shape index (κ2) is 7.42. The number of carbonyl (C=O) groups is 1. The molecule has 22 heavy (non-hydrogen) atoms. The summed E-state index contributed by atoms with van der Waals surface area (Å²) in [5.74, 6) is 2.27. The molecule has 1 aliphatic heterocycles. The van der Waals surface area contributed by atoms with Crippen molar-refractivity contribution in [1.29, 1.82) is 0 Å². The highest BCUT2D eigenvalue weighted by molar-refractivity contribution is 8.77. The fraction of sp³-hybridized carbons (Fsp3) is 0.500. The number of rotatable bonds is 6. The molecule has 1 aliphatic rings. The van der Waals surface area contributed by atoms with E-state index in [0.29, 0.717) is 6.42 Å². The molecule has 0 saturated carbocycles. The lowest BCUT2D eigenvalue weighted by Crippen LogP contribution is -2.11. The van der Waals surface area contributed by atoms with Crippen LogP contribution in [-0.4, -0.2) is 26.9 Å². The van der Waals surface area contributed by atoms with E-state index in [0.717, 1.165) is 40.6 Å². The van der Waals surface area contributed by atoms with Crippen LogP contribution >= 0.6 is 21.6 Å². The summed E-state index contributed by atoms with van der Waals surface area (Å²) in [6.45, 7) is 1.93. The third kappa shape index (κ3) is 4.20. The standard InChI is InChI=1S/C16H21N3OS2/c1-11-17-14-7-6-12(10-15(14)18-11)19-16(20)5-3-2-4-13-8-9-21-22-13/h6-7,10,13H,2-5,8-9H2,1H3,(H,17,18)(H,19,20). The number of hydrogen-bond acceptors (Lipinski definition) is 4. The molecule has 1 unspecified atom stereocenters. The average Bonchev–Trinajstić information content (AvgIpc) is 3.11. The van der Waals surface area contributed by atoms with Crippen LogP contribution in [0.3, 0.4) is 0 Å². The maximum atomic E-state index is 12.0. The van der Waals surface area contributed by atoms with Crippen LogP contribution in [0.5, 0.6) is 0 Å². The Hall–Kier alpha value is -1.14. The summed E-state index contributed by atoms with van der Waals surface area (Å²) >= 11 is 0. The van der Waals surface area contributed by atoms with E-state index >= 15 is 0 Å². The van der Waals surface area contributed by atoms with Crippen molar-refractivity contribution in [3.63, 3.8) is 0 Å². The molecule has 1 aromatic carbocycles. The molecule has 0 spiro atoms. The van der Waals surface area contributed by atoms with Gasteiger partial charge in [0.1, 0.15) is 5.82 Å². The van der Waals surface area contributed by atoms with Crippen LogP contribution in [0.4, 0.5) is 5.69 Å². The maximum absolute atomic E-state index is 12.0. The molecule has 1 atom stereocenters. The van der Waals surface area contributed by atoms with Crippen molar-refractivity contribution in [3.8, 4) is 0 Å². The van der Waals surface area contributed by atoms with Crippen LogP contribution in [0, 0.1) is 6.92 Å². The van der Waals surface area contributed by atoms with Gasteiger partial charge in [0.2, 0.25) is 5.91 Å². The highest BCUT2D eigenvalue weighted by Gasteiger charge is 2.15. The van der Waals surface area contributed by atoms with Crippen LogP contribution in [0.25, 0.3) is 11.0 Å². The second-order valence-corrected chi connectivity index (χ2v) is 8.46. The van der Waals surface area contributed by atoms with Crippen molar-refractivity contribution in [3.05, 3.63) is 24.0 Å². The average molecular weight is 335 g/mol. The topological polar surface area (TPSA) is 57.8 Å². The fourth-order valence-corrected chi connectivity index (χ4v) is 5.69. The number of amides is 1. The first kappa shape index (κ1) is 15.7. The molecule has 3 rings (SSSR count). The molecule has 0 aliphatic carbocycles. The van der Waals surface area contributed by atoms with E-state index in [1.54, 1.807) is 0 Å². The molecule has 2 N–H and O–H groups in total. The lowest BCUT2D eigenvalue weighted by molar-refractivity contribution is -0.116. The van der Waals surface area contributed by atoms with Crippen molar-refractivity contribution in [2.45, 2.75) is 44.3 Å². The number of anilines is 1. The lowest BCUT2D eigenvalue weighted by atomic mass is 10.1. The zero-order chi connectivity index (χ0) is 15.4. The number of nitrogens with zero attached hydrogens (tertiary/aromatic N) is 1. The number of hydrogen-bond donors (Lipinski definition) is 2. The van der Waals surface area contributed by atoms with Gasteiger partial charge in [0.15, 0.2) is 0 Å². The van der Waals surface area contributed by atoms with Crippen molar-refractivity contribution < 1.29 is 4.79 Å². The Kier molecular flexibility index (Phi) is 5.31. The zero-order valence-electron chi connectivity index (χ0n) is 12.7. The normalized spacial score (nSPS) is 18.0. The first-order valence-corrected chi connectivity index (χ1v) is 10.1. The Morgan fingerprint density at radius 3 is 3.18 bits per heavy atom. The SMILES string of the molecule is Cc1nc2ccc(NC(=O)CCCCC3CCSS3)cc2[nH]1. The number of H-pyrrole nitrogens is 1. The molecular weight excluding hydrogens is 314 g/mol. The van der Waals surface area contributed by atoms with E-state index in [2.05, 4.69) is 15.3 Å². The second-order valence-electron chi connectivity index (χ2n) is 5.68. The van der Waals surface area contributed by atoms with E-state index < -0.39 is 0 Å². The molecule has 2 heterocycles. The Labute approximate surface area is 138 Å². The maximum Gasteiger partial charge on any atom is 0.224 e. The van der Waals surface area contributed by atoms with Crippen LogP contribution in [0.2, 0.25) is 0 Å². The number of benzene rings is 1. The zero-order valence-corrected chi connectivity index (χ0v) is 14.4. The number of fused-ring (bicyclic) bond motifs is 1. The van der Waals surface area contributed by atoms with Gasteiger partial charge in [-0.15, -0.1) is 0 Å². The molecule has 1 aromatic heterocycles. The summed E-state index contributed by atoms with van der Waals surface area (Å²) in [4.78, 5) is 19.6. The first-order valence-electron chi connectivity index (χ1n) is 7.75. The first-order chi connectivity index (χ1) is 10.7. The number of carbonyl (C=O) groups excluding carboxylic acids is 1. The predicted molar refractivity (Wildman–Crippen MR) is 96.4 cm³/mol. The van der Waals surface area contributed by atoms with Gasteiger partial charge in [0.05, 0.1) is 11.0 Å². The van der Waals surface area contributed by atoms with Gasteiger partial charge in [-0.3, -0.25) is 4.79 Å². The van der Waals surface area contributed by atoms with Crippen LogP contribution in [0.15, 0.2) is 18.2 Å². The molecule has 118 valence electrons. The number of imidazole rings is 1. The van der Waals surface area contributed by atoms with Crippen molar-refractivity contribution >= 4 is 44.2 Å². The number of aromatic nitrogens is 2. The summed E-state index contributed by atoms with van der Waals surface area (Å²) in [6, 6.07) is 5.79. The molecule has 6 heteroatoms. The van der Waals surface area contributed by atoms with Gasteiger partial charge in [-0.1, -0.05) is 28.0 Å². The Balaban J connectivity index is 1.43. The number of aryl methyl sites for hydroxylation is 1. The molecule has 0 radical (unpaired) electrons. The van der Waals surface area contributed by atoms with Gasteiger partial charge in [-0.2, -0.15) is 0 Å². The Morgan fingerprint density at radius 1 is 1.45 bits per heavy atom. The third-order valence-corrected chi connectivity index (χ3v) is 6.80. The fourth-order valence-electron chi connectivity index (χ4n) is 2.66. The lowest BCUT2D eigenvalue weighted by Gasteiger charge is -2.07. The number of aromatic amines is 1. The smallest absolute Gasteiger partial charge is 0.224 e.